The van der Waals surface area contributed by atoms with Gasteiger partial charge in [0.15, 0.2) is 0 Å². The Hall–Kier alpha value is -0.980. The first-order valence-corrected chi connectivity index (χ1v) is 7.32. The molecule has 20 heavy (non-hydrogen) atoms. The Balaban J connectivity index is 2.42. The van der Waals surface area contributed by atoms with E-state index >= 15 is 0 Å². The smallest absolute Gasteiger partial charge is 0.387 e. The number of alkyl halides is 2. The first-order valence-electron chi connectivity index (χ1n) is 5.73. The summed E-state index contributed by atoms with van der Waals surface area (Å²) in [7, 11) is 0. The zero-order valence-corrected chi connectivity index (χ0v) is 13.4. The van der Waals surface area contributed by atoms with Crippen molar-refractivity contribution in [2.45, 2.75) is 12.7 Å². The van der Waals surface area contributed by atoms with Crippen molar-refractivity contribution in [1.82, 2.24) is 0 Å². The van der Waals surface area contributed by atoms with E-state index in [4.69, 9.17) is 5.73 Å². The van der Waals surface area contributed by atoms with Crippen molar-refractivity contribution >= 4 is 31.9 Å². The van der Waals surface area contributed by atoms with Crippen LogP contribution >= 0.6 is 31.9 Å². The monoisotopic (exact) mass is 405 g/mol. The number of rotatable bonds is 4. The Bertz CT molecular complexity index is 607. The highest BCUT2D eigenvalue weighted by Crippen LogP contribution is 2.34. The van der Waals surface area contributed by atoms with Gasteiger partial charge in [0.1, 0.15) is 5.75 Å². The quantitative estimate of drug-likeness (QED) is 0.786. The molecule has 0 aromatic heterocycles. The molecule has 106 valence electrons. The SMILES string of the molecule is NC(c1cc(Br)ccc1Br)c1ccccc1OC(F)F. The minimum absolute atomic E-state index is 0.0851. The van der Waals surface area contributed by atoms with Crippen LogP contribution in [0.5, 0.6) is 5.75 Å². The Morgan fingerprint density at radius 2 is 1.70 bits per heavy atom. The van der Waals surface area contributed by atoms with Gasteiger partial charge in [0.25, 0.3) is 0 Å². The van der Waals surface area contributed by atoms with Gasteiger partial charge in [-0.2, -0.15) is 8.78 Å². The molecule has 0 bridgehead atoms. The van der Waals surface area contributed by atoms with E-state index in [1.165, 1.54) is 6.07 Å². The second-order valence-electron chi connectivity index (χ2n) is 4.06. The maximum Gasteiger partial charge on any atom is 0.387 e. The lowest BCUT2D eigenvalue weighted by Gasteiger charge is -2.18. The minimum Gasteiger partial charge on any atom is -0.434 e. The lowest BCUT2D eigenvalue weighted by molar-refractivity contribution is -0.0505. The van der Waals surface area contributed by atoms with Crippen molar-refractivity contribution in [1.29, 1.82) is 0 Å². The highest BCUT2D eigenvalue weighted by Gasteiger charge is 2.18. The van der Waals surface area contributed by atoms with E-state index in [1.807, 2.05) is 18.2 Å². The largest absolute Gasteiger partial charge is 0.434 e. The number of nitrogens with two attached hydrogens (primary N) is 1. The highest BCUT2D eigenvalue weighted by molar-refractivity contribution is 9.11. The Morgan fingerprint density at radius 3 is 2.40 bits per heavy atom. The first-order chi connectivity index (χ1) is 9.49. The van der Waals surface area contributed by atoms with E-state index in [2.05, 4.69) is 36.6 Å². The van der Waals surface area contributed by atoms with Crippen molar-refractivity contribution in [2.75, 3.05) is 0 Å². The number of ether oxygens (including phenoxy) is 1. The van der Waals surface area contributed by atoms with Crippen LogP contribution in [0.4, 0.5) is 8.78 Å². The molecule has 0 spiro atoms. The molecule has 0 saturated heterocycles. The molecule has 0 aliphatic rings. The standard InChI is InChI=1S/C14H11Br2F2NO/c15-8-5-6-11(16)10(7-8)13(19)9-3-1-2-4-12(9)20-14(17)18/h1-7,13-14H,19H2. The minimum atomic E-state index is -2.88. The second kappa shape index (κ2) is 6.65. The van der Waals surface area contributed by atoms with Crippen LogP contribution in [0.2, 0.25) is 0 Å². The molecule has 1 atom stereocenters. The molecule has 2 aromatic rings. The van der Waals surface area contributed by atoms with E-state index in [9.17, 15) is 8.78 Å². The van der Waals surface area contributed by atoms with Crippen molar-refractivity contribution in [2.24, 2.45) is 5.73 Å². The molecule has 0 heterocycles. The summed E-state index contributed by atoms with van der Waals surface area (Å²) >= 11 is 6.78. The number of halogens is 4. The van der Waals surface area contributed by atoms with Crippen molar-refractivity contribution < 1.29 is 13.5 Å². The Labute approximate surface area is 132 Å². The Kier molecular flexibility index (Phi) is 5.12. The summed E-state index contributed by atoms with van der Waals surface area (Å²) in [6.07, 6.45) is 0. The lowest BCUT2D eigenvalue weighted by atomic mass is 9.99. The van der Waals surface area contributed by atoms with Gasteiger partial charge in [0, 0.05) is 14.5 Å². The first kappa shape index (κ1) is 15.4. The van der Waals surface area contributed by atoms with E-state index in [0.717, 1.165) is 14.5 Å². The van der Waals surface area contributed by atoms with Gasteiger partial charge >= 0.3 is 6.61 Å². The van der Waals surface area contributed by atoms with Crippen LogP contribution in [0.25, 0.3) is 0 Å². The summed E-state index contributed by atoms with van der Waals surface area (Å²) in [5.74, 6) is 0.0851. The average molecular weight is 407 g/mol. The van der Waals surface area contributed by atoms with Crippen molar-refractivity contribution in [3.8, 4) is 5.75 Å². The fourth-order valence-corrected chi connectivity index (χ4v) is 2.73. The summed E-state index contributed by atoms with van der Waals surface area (Å²) in [6, 6.07) is 11.5. The van der Waals surface area contributed by atoms with E-state index in [0.29, 0.717) is 5.56 Å². The van der Waals surface area contributed by atoms with E-state index in [-0.39, 0.29) is 5.75 Å². The zero-order chi connectivity index (χ0) is 14.7. The molecule has 2 N–H and O–H groups in total. The van der Waals surface area contributed by atoms with Crippen molar-refractivity contribution in [3.63, 3.8) is 0 Å². The molecule has 6 heteroatoms. The van der Waals surface area contributed by atoms with Crippen LogP contribution < -0.4 is 10.5 Å². The normalized spacial score (nSPS) is 12.5. The summed E-state index contributed by atoms with van der Waals surface area (Å²) in [4.78, 5) is 0. The van der Waals surface area contributed by atoms with E-state index < -0.39 is 12.7 Å². The van der Waals surface area contributed by atoms with E-state index in [1.54, 1.807) is 18.2 Å². The van der Waals surface area contributed by atoms with Crippen LogP contribution in [0.15, 0.2) is 51.4 Å². The maximum absolute atomic E-state index is 12.4. The third-order valence-corrected chi connectivity index (χ3v) is 3.98. The predicted octanol–water partition coefficient (Wildman–Crippen LogP) is 4.86. The maximum atomic E-state index is 12.4. The fraction of sp³-hybridized carbons (Fsp3) is 0.143. The van der Waals surface area contributed by atoms with Crippen LogP contribution in [0.1, 0.15) is 17.2 Å². The molecule has 0 saturated carbocycles. The van der Waals surface area contributed by atoms with Crippen LogP contribution in [0.3, 0.4) is 0 Å². The fourth-order valence-electron chi connectivity index (χ4n) is 1.86. The average Bonchev–Trinajstić information content (AvgIpc) is 2.41. The van der Waals surface area contributed by atoms with Crippen molar-refractivity contribution in [3.05, 3.63) is 62.5 Å². The number of hydrogen-bond donors (Lipinski definition) is 1. The molecular formula is C14H11Br2F2NO. The van der Waals surface area contributed by atoms with Gasteiger partial charge < -0.3 is 10.5 Å². The van der Waals surface area contributed by atoms with Gasteiger partial charge in [0.05, 0.1) is 6.04 Å². The molecule has 2 rings (SSSR count). The lowest BCUT2D eigenvalue weighted by Crippen LogP contribution is -2.15. The molecule has 0 fully saturated rings. The van der Waals surface area contributed by atoms with Crippen LogP contribution in [0, 0.1) is 0 Å². The number of benzene rings is 2. The Morgan fingerprint density at radius 1 is 1.00 bits per heavy atom. The van der Waals surface area contributed by atoms with Crippen LogP contribution in [-0.2, 0) is 0 Å². The van der Waals surface area contributed by atoms with Gasteiger partial charge in [-0.1, -0.05) is 50.1 Å². The third-order valence-electron chi connectivity index (χ3n) is 2.76. The topological polar surface area (TPSA) is 35.2 Å². The summed E-state index contributed by atoms with van der Waals surface area (Å²) in [6.45, 7) is -2.88. The van der Waals surface area contributed by atoms with Gasteiger partial charge in [-0.15, -0.1) is 0 Å². The molecule has 0 aliphatic heterocycles. The summed E-state index contributed by atoms with van der Waals surface area (Å²) in [5.41, 5.74) is 7.48. The molecule has 0 aliphatic carbocycles. The number of hydrogen-bond acceptors (Lipinski definition) is 2. The van der Waals surface area contributed by atoms with Gasteiger partial charge in [-0.3, -0.25) is 0 Å². The third kappa shape index (κ3) is 3.56. The highest BCUT2D eigenvalue weighted by atomic mass is 79.9. The van der Waals surface area contributed by atoms with Crippen LogP contribution in [-0.4, -0.2) is 6.61 Å². The molecule has 2 aromatic carbocycles. The molecule has 0 radical (unpaired) electrons. The molecule has 1 unspecified atom stereocenters. The molecular weight excluding hydrogens is 396 g/mol. The molecule has 2 nitrogen and oxygen atoms in total. The zero-order valence-electron chi connectivity index (χ0n) is 10.2. The summed E-state index contributed by atoms with van der Waals surface area (Å²) < 4.78 is 31.0. The predicted molar refractivity (Wildman–Crippen MR) is 80.9 cm³/mol. The second-order valence-corrected chi connectivity index (χ2v) is 5.83. The number of para-hydroxylation sites is 1. The van der Waals surface area contributed by atoms with Gasteiger partial charge in [-0.25, -0.2) is 0 Å². The van der Waals surface area contributed by atoms with Gasteiger partial charge in [-0.05, 0) is 29.8 Å². The van der Waals surface area contributed by atoms with Gasteiger partial charge in [0.2, 0.25) is 0 Å². The summed E-state index contributed by atoms with van der Waals surface area (Å²) in [5, 5.41) is 0. The molecule has 0 amide bonds.